The van der Waals surface area contributed by atoms with Crippen molar-refractivity contribution in [1.29, 1.82) is 0 Å². The highest BCUT2D eigenvalue weighted by Crippen LogP contribution is 2.21. The van der Waals surface area contributed by atoms with Crippen LogP contribution in [0.3, 0.4) is 0 Å². The molecule has 0 saturated carbocycles. The fourth-order valence-electron chi connectivity index (χ4n) is 3.12. The summed E-state index contributed by atoms with van der Waals surface area (Å²) in [5.41, 5.74) is 0.481. The Bertz CT molecular complexity index is 1050. The number of piperazine rings is 1. The minimum Gasteiger partial charge on any atom is -0.484 e. The van der Waals surface area contributed by atoms with Gasteiger partial charge in [-0.15, -0.1) is 0 Å². The van der Waals surface area contributed by atoms with Crippen LogP contribution >= 0.6 is 11.6 Å². The molecule has 32 heavy (non-hydrogen) atoms. The lowest BCUT2D eigenvalue weighted by Crippen LogP contribution is -2.51. The molecular formula is C21H24ClN3O6S. The number of rotatable bonds is 7. The molecule has 0 aromatic heterocycles. The van der Waals surface area contributed by atoms with Gasteiger partial charge in [-0.1, -0.05) is 17.7 Å². The fourth-order valence-corrected chi connectivity index (χ4v) is 4.67. The molecule has 0 aliphatic carbocycles. The van der Waals surface area contributed by atoms with Crippen LogP contribution < -0.4 is 10.1 Å². The van der Waals surface area contributed by atoms with Crippen molar-refractivity contribution in [3.63, 3.8) is 0 Å². The first-order chi connectivity index (χ1) is 15.3. The molecule has 2 aromatic carbocycles. The zero-order valence-electron chi connectivity index (χ0n) is 17.5. The van der Waals surface area contributed by atoms with Crippen LogP contribution in [-0.4, -0.2) is 69.0 Å². The number of anilines is 1. The molecule has 1 fully saturated rings. The predicted octanol–water partition coefficient (Wildman–Crippen LogP) is 2.82. The second kappa shape index (κ2) is 10.7. The summed E-state index contributed by atoms with van der Waals surface area (Å²) in [6.07, 6.45) is -0.577. The van der Waals surface area contributed by atoms with Crippen molar-refractivity contribution in [3.05, 3.63) is 53.6 Å². The Hall–Kier alpha value is -2.82. The summed E-state index contributed by atoms with van der Waals surface area (Å²) < 4.78 is 37.2. The van der Waals surface area contributed by atoms with Crippen LogP contribution in [-0.2, 0) is 19.6 Å². The van der Waals surface area contributed by atoms with E-state index in [-0.39, 0.29) is 50.2 Å². The van der Waals surface area contributed by atoms with Gasteiger partial charge in [0.15, 0.2) is 6.61 Å². The van der Waals surface area contributed by atoms with E-state index in [0.717, 1.165) is 0 Å². The highest BCUT2D eigenvalue weighted by atomic mass is 35.5. The zero-order valence-corrected chi connectivity index (χ0v) is 19.1. The molecule has 2 aromatic rings. The minimum absolute atomic E-state index is 0.168. The first-order valence-corrected chi connectivity index (χ1v) is 11.8. The maximum absolute atomic E-state index is 12.8. The maximum atomic E-state index is 12.8. The summed E-state index contributed by atoms with van der Waals surface area (Å²) >= 11 is 5.83. The van der Waals surface area contributed by atoms with Crippen LogP contribution in [0.4, 0.5) is 10.5 Å². The topological polar surface area (TPSA) is 105 Å². The van der Waals surface area contributed by atoms with E-state index in [0.29, 0.717) is 16.5 Å². The van der Waals surface area contributed by atoms with E-state index < -0.39 is 16.1 Å². The normalized spacial score (nSPS) is 14.6. The summed E-state index contributed by atoms with van der Waals surface area (Å²) in [6.45, 7) is 2.67. The Kier molecular flexibility index (Phi) is 7.94. The van der Waals surface area contributed by atoms with Gasteiger partial charge in [-0.2, -0.15) is 4.31 Å². The lowest BCUT2D eigenvalue weighted by molar-refractivity contribution is -0.134. The third-order valence-electron chi connectivity index (χ3n) is 4.76. The molecule has 1 saturated heterocycles. The number of sulfonamides is 1. The van der Waals surface area contributed by atoms with Crippen molar-refractivity contribution in [2.45, 2.75) is 11.8 Å². The number of amides is 2. The molecular weight excluding hydrogens is 458 g/mol. The van der Waals surface area contributed by atoms with Gasteiger partial charge < -0.3 is 14.4 Å². The van der Waals surface area contributed by atoms with Crippen LogP contribution in [0, 0.1) is 0 Å². The summed E-state index contributed by atoms with van der Waals surface area (Å²) in [6, 6.07) is 12.6. The van der Waals surface area contributed by atoms with Gasteiger partial charge in [0.25, 0.3) is 5.91 Å². The first-order valence-electron chi connectivity index (χ1n) is 9.99. The van der Waals surface area contributed by atoms with E-state index in [1.807, 2.05) is 0 Å². The molecule has 1 N–H and O–H groups in total. The van der Waals surface area contributed by atoms with Gasteiger partial charge in [-0.05, 0) is 43.3 Å². The number of halogens is 1. The molecule has 172 valence electrons. The number of hydrogen-bond acceptors (Lipinski definition) is 6. The number of nitrogens with zero attached hydrogens (tertiary/aromatic N) is 2. The molecule has 1 aliphatic heterocycles. The van der Waals surface area contributed by atoms with Crippen molar-refractivity contribution in [2.75, 3.05) is 44.7 Å². The number of ether oxygens (including phenoxy) is 2. The smallest absolute Gasteiger partial charge is 0.411 e. The molecule has 1 aliphatic rings. The van der Waals surface area contributed by atoms with Crippen LogP contribution in [0.5, 0.6) is 5.75 Å². The highest BCUT2D eigenvalue weighted by Gasteiger charge is 2.30. The average Bonchev–Trinajstić information content (AvgIpc) is 2.78. The van der Waals surface area contributed by atoms with E-state index in [1.54, 1.807) is 36.1 Å². The lowest BCUT2D eigenvalue weighted by Gasteiger charge is -2.34. The van der Waals surface area contributed by atoms with Gasteiger partial charge >= 0.3 is 6.09 Å². The number of benzene rings is 2. The van der Waals surface area contributed by atoms with Gasteiger partial charge in [0.05, 0.1) is 11.5 Å². The average molecular weight is 482 g/mol. The van der Waals surface area contributed by atoms with Crippen molar-refractivity contribution in [1.82, 2.24) is 9.21 Å². The van der Waals surface area contributed by atoms with Crippen molar-refractivity contribution in [3.8, 4) is 5.75 Å². The van der Waals surface area contributed by atoms with Gasteiger partial charge in [-0.3, -0.25) is 10.1 Å². The van der Waals surface area contributed by atoms with Gasteiger partial charge in [0.2, 0.25) is 10.0 Å². The second-order valence-electron chi connectivity index (χ2n) is 6.90. The monoisotopic (exact) mass is 481 g/mol. The van der Waals surface area contributed by atoms with Gasteiger partial charge in [0, 0.05) is 43.0 Å². The zero-order chi connectivity index (χ0) is 23.1. The highest BCUT2D eigenvalue weighted by molar-refractivity contribution is 7.89. The Morgan fingerprint density at radius 2 is 1.75 bits per heavy atom. The molecule has 2 amide bonds. The predicted molar refractivity (Wildman–Crippen MR) is 119 cm³/mol. The standard InChI is InChI=1S/C21H24ClN3O6S/c1-2-30-21(27)23-17-4-3-5-18(14-17)31-15-20(26)24-10-12-25(13-11-24)32(28,29)19-8-6-16(22)7-9-19/h3-9,14H,2,10-13,15H2,1H3,(H,23,27). The fraction of sp³-hybridized carbons (Fsp3) is 0.333. The van der Waals surface area contributed by atoms with Gasteiger partial charge in [-0.25, -0.2) is 13.2 Å². The van der Waals surface area contributed by atoms with E-state index in [1.165, 1.54) is 28.6 Å². The quantitative estimate of drug-likeness (QED) is 0.652. The largest absolute Gasteiger partial charge is 0.484 e. The molecule has 3 rings (SSSR count). The Morgan fingerprint density at radius 3 is 2.41 bits per heavy atom. The molecule has 11 heteroatoms. The molecule has 0 radical (unpaired) electrons. The maximum Gasteiger partial charge on any atom is 0.411 e. The van der Waals surface area contributed by atoms with Crippen molar-refractivity contribution in [2.24, 2.45) is 0 Å². The van der Waals surface area contributed by atoms with Gasteiger partial charge in [0.1, 0.15) is 5.75 Å². The summed E-state index contributed by atoms with van der Waals surface area (Å²) in [5.74, 6) is 0.161. The summed E-state index contributed by atoms with van der Waals surface area (Å²) in [5, 5.41) is 3.02. The Morgan fingerprint density at radius 1 is 1.06 bits per heavy atom. The second-order valence-corrected chi connectivity index (χ2v) is 9.28. The summed E-state index contributed by atoms with van der Waals surface area (Å²) in [7, 11) is -3.64. The number of hydrogen-bond donors (Lipinski definition) is 1. The van der Waals surface area contributed by atoms with Crippen molar-refractivity contribution < 1.29 is 27.5 Å². The molecule has 9 nitrogen and oxygen atoms in total. The number of nitrogens with one attached hydrogen (secondary N) is 1. The van der Waals surface area contributed by atoms with E-state index in [2.05, 4.69) is 5.32 Å². The summed E-state index contributed by atoms with van der Waals surface area (Å²) in [4.78, 5) is 25.8. The van der Waals surface area contributed by atoms with Crippen LogP contribution in [0.1, 0.15) is 6.92 Å². The molecule has 0 spiro atoms. The van der Waals surface area contributed by atoms with Crippen molar-refractivity contribution >= 4 is 39.3 Å². The number of carbonyl (C=O) groups excluding carboxylic acids is 2. The first kappa shape index (κ1) is 23.8. The molecule has 1 heterocycles. The SMILES string of the molecule is CCOC(=O)Nc1cccc(OCC(=O)N2CCN(S(=O)(=O)c3ccc(Cl)cc3)CC2)c1. The Labute approximate surface area is 191 Å². The minimum atomic E-state index is -3.64. The number of carbonyl (C=O) groups is 2. The molecule has 0 atom stereocenters. The van der Waals surface area contributed by atoms with Crippen LogP contribution in [0.2, 0.25) is 5.02 Å². The van der Waals surface area contributed by atoms with Crippen LogP contribution in [0.25, 0.3) is 0 Å². The Balaban J connectivity index is 1.51. The third-order valence-corrected chi connectivity index (χ3v) is 6.93. The van der Waals surface area contributed by atoms with E-state index >= 15 is 0 Å². The van der Waals surface area contributed by atoms with Crippen LogP contribution in [0.15, 0.2) is 53.4 Å². The molecule has 0 unspecified atom stereocenters. The molecule has 0 bridgehead atoms. The van der Waals surface area contributed by atoms with E-state index in [4.69, 9.17) is 21.1 Å². The third kappa shape index (κ3) is 6.12. The van der Waals surface area contributed by atoms with E-state index in [9.17, 15) is 18.0 Å². The lowest BCUT2D eigenvalue weighted by atomic mass is 10.3.